The van der Waals surface area contributed by atoms with Crippen molar-refractivity contribution < 1.29 is 37.3 Å². The van der Waals surface area contributed by atoms with Gasteiger partial charge in [0.1, 0.15) is 36.6 Å². The lowest BCUT2D eigenvalue weighted by atomic mass is 10.00. The highest BCUT2D eigenvalue weighted by Gasteiger charge is 2.10. The quantitative estimate of drug-likeness (QED) is 0.160. The molecule has 0 bridgehead atoms. The highest BCUT2D eigenvalue weighted by Crippen LogP contribution is 2.30. The molecule has 0 radical (unpaired) electrons. The minimum Gasteiger partial charge on any atom is -0.462 e. The van der Waals surface area contributed by atoms with Crippen LogP contribution in [0.2, 0.25) is 0 Å². The van der Waals surface area contributed by atoms with Gasteiger partial charge in [0, 0.05) is 22.8 Å². The fraction of sp³-hybridized carbons (Fsp3) is 0.0667. The molecule has 3 rings (SSSR count). The van der Waals surface area contributed by atoms with Gasteiger partial charge in [-0.15, -0.1) is 0 Å². The van der Waals surface area contributed by atoms with E-state index in [1.165, 1.54) is 32.0 Å². The number of esters is 2. The maximum Gasteiger partial charge on any atom is 0.338 e. The van der Waals surface area contributed by atoms with E-state index in [2.05, 4.69) is 13.2 Å². The number of hydrogen-bond acceptors (Lipinski definition) is 6. The molecule has 3 aromatic rings. The molecule has 8 heteroatoms. The van der Waals surface area contributed by atoms with Crippen LogP contribution in [0.5, 0.6) is 11.5 Å². The van der Waals surface area contributed by atoms with Gasteiger partial charge in [-0.3, -0.25) is 0 Å². The molecular weight excluding hydrogens is 494 g/mol. The molecule has 194 valence electrons. The summed E-state index contributed by atoms with van der Waals surface area (Å²) in [5.41, 5.74) is 2.70. The van der Waals surface area contributed by atoms with E-state index in [9.17, 15) is 18.4 Å². The van der Waals surface area contributed by atoms with Crippen molar-refractivity contribution in [1.82, 2.24) is 0 Å². The van der Waals surface area contributed by atoms with Crippen LogP contribution in [0.4, 0.5) is 8.78 Å². The first-order valence-corrected chi connectivity index (χ1v) is 11.2. The van der Waals surface area contributed by atoms with Gasteiger partial charge < -0.3 is 18.9 Å². The zero-order valence-corrected chi connectivity index (χ0v) is 20.7. The number of ether oxygens (including phenoxy) is 4. The summed E-state index contributed by atoms with van der Waals surface area (Å²) in [6.07, 6.45) is 4.21. The minimum atomic E-state index is -0.621. The number of carbonyl (C=O) groups excluding carboxylic acids is 2. The molecule has 0 spiro atoms. The van der Waals surface area contributed by atoms with Gasteiger partial charge in [-0.2, -0.15) is 0 Å². The Balaban J connectivity index is 1.64. The SMILES string of the molecule is C=C(C)C(=O)OC=COc1ccc(-c2ccc(-c3ccc(OC=COC(=O)C(=C)C)c(F)c3)cc2)c(F)c1. The van der Waals surface area contributed by atoms with Gasteiger partial charge in [-0.25, -0.2) is 18.4 Å². The van der Waals surface area contributed by atoms with Crippen molar-refractivity contribution >= 4 is 11.9 Å². The predicted octanol–water partition coefficient (Wildman–Crippen LogP) is 7.24. The lowest BCUT2D eigenvalue weighted by Crippen LogP contribution is -1.99. The van der Waals surface area contributed by atoms with E-state index in [1.807, 2.05) is 0 Å². The molecule has 0 amide bonds. The van der Waals surface area contributed by atoms with Crippen LogP contribution in [-0.4, -0.2) is 11.9 Å². The zero-order chi connectivity index (χ0) is 27.7. The third kappa shape index (κ3) is 7.51. The molecule has 0 aliphatic heterocycles. The van der Waals surface area contributed by atoms with E-state index in [-0.39, 0.29) is 22.6 Å². The van der Waals surface area contributed by atoms with Crippen LogP contribution in [0, 0.1) is 11.6 Å². The van der Waals surface area contributed by atoms with Crippen LogP contribution < -0.4 is 9.47 Å². The second-order valence-corrected chi connectivity index (χ2v) is 8.02. The molecule has 0 N–H and O–H groups in total. The van der Waals surface area contributed by atoms with Gasteiger partial charge >= 0.3 is 11.9 Å². The van der Waals surface area contributed by atoms with Crippen molar-refractivity contribution in [2.24, 2.45) is 0 Å². The third-order valence-electron chi connectivity index (χ3n) is 4.96. The summed E-state index contributed by atoms with van der Waals surface area (Å²) >= 11 is 0. The predicted molar refractivity (Wildman–Crippen MR) is 139 cm³/mol. The fourth-order valence-electron chi connectivity index (χ4n) is 3.01. The van der Waals surface area contributed by atoms with Gasteiger partial charge in [0.15, 0.2) is 11.6 Å². The standard InChI is InChI=1S/C30H24F2O6/c1-19(2)29(33)37-15-13-35-24-10-11-25(26(31)18-24)22-7-5-21(6-8-22)23-9-12-28(27(32)17-23)36-14-16-38-30(34)20(3)4/h5-18H,1,3H2,2,4H3. The van der Waals surface area contributed by atoms with Gasteiger partial charge in [-0.1, -0.05) is 43.5 Å². The minimum absolute atomic E-state index is 0.0544. The maximum absolute atomic E-state index is 14.7. The van der Waals surface area contributed by atoms with E-state index in [0.29, 0.717) is 22.3 Å². The summed E-state index contributed by atoms with van der Waals surface area (Å²) in [5.74, 6) is -2.19. The highest BCUT2D eigenvalue weighted by molar-refractivity contribution is 5.87. The molecule has 0 saturated heterocycles. The number of rotatable bonds is 10. The van der Waals surface area contributed by atoms with Crippen LogP contribution in [0.1, 0.15) is 13.8 Å². The van der Waals surface area contributed by atoms with E-state index in [0.717, 1.165) is 25.0 Å². The first-order chi connectivity index (χ1) is 18.2. The molecule has 0 fully saturated rings. The lowest BCUT2D eigenvalue weighted by Gasteiger charge is -2.09. The van der Waals surface area contributed by atoms with E-state index in [1.54, 1.807) is 42.5 Å². The van der Waals surface area contributed by atoms with Gasteiger partial charge in [0.05, 0.1) is 0 Å². The molecular formula is C30H24F2O6. The van der Waals surface area contributed by atoms with Crippen LogP contribution in [0.3, 0.4) is 0 Å². The van der Waals surface area contributed by atoms with Crippen LogP contribution in [0.15, 0.2) is 110 Å². The third-order valence-corrected chi connectivity index (χ3v) is 4.96. The Labute approximate surface area is 218 Å². The topological polar surface area (TPSA) is 71.1 Å². The zero-order valence-electron chi connectivity index (χ0n) is 20.7. The van der Waals surface area contributed by atoms with E-state index in [4.69, 9.17) is 18.9 Å². The Kier molecular flexibility index (Phi) is 9.31. The van der Waals surface area contributed by atoms with Crippen molar-refractivity contribution in [1.29, 1.82) is 0 Å². The molecule has 0 atom stereocenters. The molecule has 3 aromatic carbocycles. The fourth-order valence-corrected chi connectivity index (χ4v) is 3.01. The Morgan fingerprint density at radius 1 is 0.658 bits per heavy atom. The normalized spacial score (nSPS) is 10.8. The van der Waals surface area contributed by atoms with E-state index >= 15 is 0 Å². The van der Waals surface area contributed by atoms with Crippen molar-refractivity contribution in [3.8, 4) is 33.8 Å². The Hall–Kier alpha value is -4.98. The van der Waals surface area contributed by atoms with Crippen LogP contribution >= 0.6 is 0 Å². The maximum atomic E-state index is 14.7. The van der Waals surface area contributed by atoms with Crippen molar-refractivity contribution in [2.45, 2.75) is 13.8 Å². The number of benzene rings is 3. The monoisotopic (exact) mass is 518 g/mol. The average molecular weight is 519 g/mol. The number of carbonyl (C=O) groups is 2. The first-order valence-electron chi connectivity index (χ1n) is 11.2. The lowest BCUT2D eigenvalue weighted by molar-refractivity contribution is -0.134. The van der Waals surface area contributed by atoms with Gasteiger partial charge in [0.25, 0.3) is 0 Å². The summed E-state index contributed by atoms with van der Waals surface area (Å²) in [7, 11) is 0. The largest absolute Gasteiger partial charge is 0.462 e. The summed E-state index contributed by atoms with van der Waals surface area (Å²) < 4.78 is 49.1. The number of halogens is 2. The molecule has 0 aliphatic rings. The summed E-state index contributed by atoms with van der Waals surface area (Å²) in [5, 5.41) is 0. The Morgan fingerprint density at radius 3 is 1.76 bits per heavy atom. The van der Waals surface area contributed by atoms with Crippen LogP contribution in [-0.2, 0) is 19.1 Å². The first kappa shape index (κ1) is 27.6. The summed E-state index contributed by atoms with van der Waals surface area (Å²) in [6, 6.07) is 15.6. The Bertz CT molecular complexity index is 1420. The van der Waals surface area contributed by atoms with Crippen LogP contribution in [0.25, 0.3) is 22.3 Å². The van der Waals surface area contributed by atoms with Crippen molar-refractivity contribution in [2.75, 3.05) is 0 Å². The Morgan fingerprint density at radius 2 is 1.21 bits per heavy atom. The smallest absolute Gasteiger partial charge is 0.338 e. The molecule has 38 heavy (non-hydrogen) atoms. The van der Waals surface area contributed by atoms with Gasteiger partial charge in [0.2, 0.25) is 0 Å². The molecule has 0 saturated carbocycles. The summed E-state index contributed by atoms with van der Waals surface area (Å²) in [4.78, 5) is 22.6. The molecule has 0 aromatic heterocycles. The summed E-state index contributed by atoms with van der Waals surface area (Å²) in [6.45, 7) is 9.91. The van der Waals surface area contributed by atoms with Crippen molar-refractivity contribution in [3.63, 3.8) is 0 Å². The molecule has 6 nitrogen and oxygen atoms in total. The molecule has 0 heterocycles. The highest BCUT2D eigenvalue weighted by atomic mass is 19.1. The van der Waals surface area contributed by atoms with Gasteiger partial charge in [-0.05, 0) is 54.8 Å². The molecule has 0 aliphatic carbocycles. The second-order valence-electron chi connectivity index (χ2n) is 8.02. The van der Waals surface area contributed by atoms with E-state index < -0.39 is 23.6 Å². The van der Waals surface area contributed by atoms with Crippen molar-refractivity contribution in [3.05, 3.63) is 122 Å². The molecule has 0 unspecified atom stereocenters. The number of hydrogen-bond donors (Lipinski definition) is 0. The second kappa shape index (κ2) is 12.8. The average Bonchev–Trinajstić information content (AvgIpc) is 2.89.